The number of aromatic nitrogens is 2. The molecule has 0 aliphatic heterocycles. The van der Waals surface area contributed by atoms with Gasteiger partial charge in [0.2, 0.25) is 11.8 Å². The molecule has 1 heterocycles. The molecule has 0 saturated heterocycles. The number of imidazole rings is 1. The average Bonchev–Trinajstić information content (AvgIpc) is 3.10. The molecule has 2 amide bonds. The van der Waals surface area contributed by atoms with Crippen LogP contribution in [0, 0.1) is 17.5 Å². The summed E-state index contributed by atoms with van der Waals surface area (Å²) in [5, 5.41) is 4.49. The number of halogens is 3. The van der Waals surface area contributed by atoms with Crippen molar-refractivity contribution in [2.75, 3.05) is 11.9 Å². The van der Waals surface area contributed by atoms with Gasteiger partial charge in [-0.2, -0.15) is 0 Å². The summed E-state index contributed by atoms with van der Waals surface area (Å²) in [6.45, 7) is 1.17. The van der Waals surface area contributed by atoms with Crippen LogP contribution in [0.5, 0.6) is 0 Å². The minimum absolute atomic E-state index is 0.459. The summed E-state index contributed by atoms with van der Waals surface area (Å²) in [6, 6.07) is 8.20. The third-order valence-corrected chi connectivity index (χ3v) is 4.01. The van der Waals surface area contributed by atoms with E-state index in [1.807, 2.05) is 18.2 Å². The van der Waals surface area contributed by atoms with Gasteiger partial charge < -0.3 is 15.2 Å². The predicted octanol–water partition coefficient (Wildman–Crippen LogP) is 2.77. The molecule has 1 aromatic heterocycles. The first-order chi connectivity index (χ1) is 12.9. The van der Waals surface area contributed by atoms with E-state index in [9.17, 15) is 22.8 Å². The highest BCUT2D eigenvalue weighted by atomic mass is 19.2. The Kier molecular flexibility index (Phi) is 5.11. The summed E-state index contributed by atoms with van der Waals surface area (Å²) in [7, 11) is 0. The Morgan fingerprint density at radius 3 is 2.63 bits per heavy atom. The van der Waals surface area contributed by atoms with Crippen molar-refractivity contribution in [1.29, 1.82) is 0 Å². The smallest absolute Gasteiger partial charge is 0.243 e. The van der Waals surface area contributed by atoms with Crippen LogP contribution in [0.3, 0.4) is 0 Å². The van der Waals surface area contributed by atoms with Crippen molar-refractivity contribution in [3.63, 3.8) is 0 Å². The quantitative estimate of drug-likeness (QED) is 0.673. The molecule has 2 N–H and O–H groups in total. The van der Waals surface area contributed by atoms with Gasteiger partial charge in [-0.15, -0.1) is 0 Å². The number of carbonyl (C=O) groups is 2. The van der Waals surface area contributed by atoms with Gasteiger partial charge in [0, 0.05) is 0 Å². The van der Waals surface area contributed by atoms with Crippen molar-refractivity contribution < 1.29 is 22.8 Å². The van der Waals surface area contributed by atoms with Crippen LogP contribution < -0.4 is 10.6 Å². The molecule has 6 nitrogen and oxygen atoms in total. The molecule has 0 saturated carbocycles. The van der Waals surface area contributed by atoms with Crippen molar-refractivity contribution in [2.45, 2.75) is 13.0 Å². The first-order valence-corrected chi connectivity index (χ1v) is 8.01. The second kappa shape index (κ2) is 7.48. The molecule has 0 bridgehead atoms. The van der Waals surface area contributed by atoms with Crippen LogP contribution in [0.15, 0.2) is 42.7 Å². The van der Waals surface area contributed by atoms with Gasteiger partial charge in [0.15, 0.2) is 17.5 Å². The lowest BCUT2D eigenvalue weighted by Gasteiger charge is -2.14. The summed E-state index contributed by atoms with van der Waals surface area (Å²) < 4.78 is 41.3. The van der Waals surface area contributed by atoms with Crippen LogP contribution >= 0.6 is 0 Å². The van der Waals surface area contributed by atoms with E-state index in [0.29, 0.717) is 6.07 Å². The van der Waals surface area contributed by atoms with Crippen molar-refractivity contribution in [3.8, 4) is 0 Å². The Hall–Kier alpha value is -3.36. The maximum Gasteiger partial charge on any atom is 0.243 e. The van der Waals surface area contributed by atoms with Gasteiger partial charge >= 0.3 is 0 Å². The highest BCUT2D eigenvalue weighted by molar-refractivity contribution is 5.95. The van der Waals surface area contributed by atoms with E-state index < -0.39 is 47.5 Å². The minimum Gasteiger partial charge on any atom is -0.345 e. The highest BCUT2D eigenvalue weighted by Crippen LogP contribution is 2.20. The second-order valence-corrected chi connectivity index (χ2v) is 5.81. The fourth-order valence-corrected chi connectivity index (χ4v) is 2.55. The highest BCUT2D eigenvalue weighted by Gasteiger charge is 2.19. The van der Waals surface area contributed by atoms with Crippen molar-refractivity contribution >= 4 is 28.5 Å². The summed E-state index contributed by atoms with van der Waals surface area (Å²) in [5.74, 6) is -5.79. The molecule has 0 radical (unpaired) electrons. The number of amides is 2. The van der Waals surface area contributed by atoms with E-state index >= 15 is 0 Å². The van der Waals surface area contributed by atoms with Gasteiger partial charge in [-0.25, -0.2) is 18.2 Å². The molecule has 1 atom stereocenters. The lowest BCUT2D eigenvalue weighted by Crippen LogP contribution is -2.36. The number of fused-ring (bicyclic) bond motifs is 1. The van der Waals surface area contributed by atoms with Gasteiger partial charge in [-0.3, -0.25) is 9.59 Å². The van der Waals surface area contributed by atoms with E-state index in [4.69, 9.17) is 0 Å². The number of benzene rings is 2. The summed E-state index contributed by atoms with van der Waals surface area (Å²) in [5.41, 5.74) is 0.971. The van der Waals surface area contributed by atoms with Crippen LogP contribution in [-0.2, 0) is 9.59 Å². The Bertz CT molecular complexity index is 1020. The largest absolute Gasteiger partial charge is 0.345 e. The van der Waals surface area contributed by atoms with Crippen molar-refractivity contribution in [1.82, 2.24) is 14.9 Å². The van der Waals surface area contributed by atoms with Gasteiger partial charge in [0.05, 0.1) is 29.6 Å². The molecule has 2 aromatic carbocycles. The summed E-state index contributed by atoms with van der Waals surface area (Å²) in [6.07, 6.45) is 1.52. The monoisotopic (exact) mass is 376 g/mol. The van der Waals surface area contributed by atoms with Gasteiger partial charge in [-0.1, -0.05) is 12.1 Å². The maximum absolute atomic E-state index is 13.6. The Morgan fingerprint density at radius 1 is 1.11 bits per heavy atom. The molecule has 140 valence electrons. The molecule has 0 aliphatic carbocycles. The SMILES string of the molecule is CC(C(=O)NCC(=O)Nc1ccc(F)c(F)c1F)n1cnc2ccccc21. The number of nitrogens with one attached hydrogen (secondary N) is 2. The van der Waals surface area contributed by atoms with Crippen LogP contribution in [0.2, 0.25) is 0 Å². The molecule has 27 heavy (non-hydrogen) atoms. The molecular formula is C18H15F3N4O2. The molecular weight excluding hydrogens is 361 g/mol. The van der Waals surface area contributed by atoms with E-state index in [0.717, 1.165) is 17.1 Å². The van der Waals surface area contributed by atoms with Gasteiger partial charge in [0.1, 0.15) is 6.04 Å². The van der Waals surface area contributed by atoms with Crippen LogP contribution in [0.25, 0.3) is 11.0 Å². The first kappa shape index (κ1) is 18.4. The molecule has 9 heteroatoms. The third kappa shape index (κ3) is 3.76. The average molecular weight is 376 g/mol. The fraction of sp³-hybridized carbons (Fsp3) is 0.167. The Morgan fingerprint density at radius 2 is 1.85 bits per heavy atom. The van der Waals surface area contributed by atoms with E-state index in [-0.39, 0.29) is 0 Å². The summed E-state index contributed by atoms with van der Waals surface area (Å²) in [4.78, 5) is 28.3. The van der Waals surface area contributed by atoms with Crippen molar-refractivity contribution in [3.05, 3.63) is 60.2 Å². The van der Waals surface area contributed by atoms with E-state index in [1.54, 1.807) is 17.6 Å². The third-order valence-electron chi connectivity index (χ3n) is 4.01. The van der Waals surface area contributed by atoms with E-state index in [1.165, 1.54) is 6.33 Å². The normalized spacial score (nSPS) is 12.0. The Labute approximate surface area is 152 Å². The van der Waals surface area contributed by atoms with Crippen LogP contribution in [0.1, 0.15) is 13.0 Å². The molecule has 1 unspecified atom stereocenters. The zero-order chi connectivity index (χ0) is 19.6. The number of hydrogen-bond donors (Lipinski definition) is 2. The fourth-order valence-electron chi connectivity index (χ4n) is 2.55. The van der Waals surface area contributed by atoms with Crippen LogP contribution in [-0.4, -0.2) is 27.9 Å². The van der Waals surface area contributed by atoms with Crippen LogP contribution in [0.4, 0.5) is 18.9 Å². The molecule has 0 aliphatic rings. The molecule has 0 fully saturated rings. The molecule has 3 rings (SSSR count). The van der Waals surface area contributed by atoms with Gasteiger partial charge in [-0.05, 0) is 31.2 Å². The standard InChI is InChI=1S/C18H15F3N4O2/c1-10(25-9-23-12-4-2-3-5-14(12)25)18(27)22-8-15(26)24-13-7-6-11(19)16(20)17(13)21/h2-7,9-10H,8H2,1H3,(H,22,27)(H,24,26). The topological polar surface area (TPSA) is 76.0 Å². The number of carbonyl (C=O) groups excluding carboxylic acids is 2. The number of hydrogen-bond acceptors (Lipinski definition) is 3. The first-order valence-electron chi connectivity index (χ1n) is 8.01. The van der Waals surface area contributed by atoms with Crippen molar-refractivity contribution in [2.24, 2.45) is 0 Å². The predicted molar refractivity (Wildman–Crippen MR) is 92.4 cm³/mol. The second-order valence-electron chi connectivity index (χ2n) is 5.81. The molecule has 3 aromatic rings. The lowest BCUT2D eigenvalue weighted by atomic mass is 10.2. The Balaban J connectivity index is 1.62. The molecule has 0 spiro atoms. The minimum atomic E-state index is -1.68. The number of nitrogens with zero attached hydrogens (tertiary/aromatic N) is 2. The number of anilines is 1. The summed E-state index contributed by atoms with van der Waals surface area (Å²) >= 11 is 0. The lowest BCUT2D eigenvalue weighted by molar-refractivity contribution is -0.126. The van der Waals surface area contributed by atoms with E-state index in [2.05, 4.69) is 15.6 Å². The van der Waals surface area contributed by atoms with Gasteiger partial charge in [0.25, 0.3) is 0 Å². The zero-order valence-electron chi connectivity index (χ0n) is 14.2. The number of rotatable bonds is 5. The zero-order valence-corrected chi connectivity index (χ0v) is 14.2. The maximum atomic E-state index is 13.6. The number of para-hydroxylation sites is 2.